The average Bonchev–Trinajstić information content (AvgIpc) is 3.09. The molecule has 3 aliphatic heterocycles. The molecule has 0 spiro atoms. The Kier molecular flexibility index (Phi) is 13.9. The van der Waals surface area contributed by atoms with Crippen molar-refractivity contribution in [2.75, 3.05) is 52.4 Å². The molecule has 0 radical (unpaired) electrons. The van der Waals surface area contributed by atoms with Gasteiger partial charge >= 0.3 is 11.9 Å². The van der Waals surface area contributed by atoms with Crippen LogP contribution in [-0.4, -0.2) is 98.4 Å². The summed E-state index contributed by atoms with van der Waals surface area (Å²) in [6, 6.07) is 0.732. The first-order chi connectivity index (χ1) is 24.4. The number of carbonyl (C=O) groups is 2. The maximum Gasteiger partial charge on any atom is 0.310 e. The highest BCUT2D eigenvalue weighted by atomic mass is 16.6. The summed E-state index contributed by atoms with van der Waals surface area (Å²) in [5, 5.41) is 7.75. The predicted molar refractivity (Wildman–Crippen MR) is 212 cm³/mol. The Morgan fingerprint density at radius 1 is 0.577 bits per heavy atom. The molecule has 2 aliphatic carbocycles. The minimum atomic E-state index is -0.183. The highest BCUT2D eigenvalue weighted by molar-refractivity contribution is 5.73. The second-order valence-electron chi connectivity index (χ2n) is 21.0. The molecule has 6 unspecified atom stereocenters. The van der Waals surface area contributed by atoms with Crippen LogP contribution in [0.3, 0.4) is 0 Å². The number of piperidine rings is 2. The van der Waals surface area contributed by atoms with Crippen LogP contribution in [0.1, 0.15) is 146 Å². The van der Waals surface area contributed by atoms with Gasteiger partial charge in [-0.05, 0) is 24.7 Å². The molecule has 5 fully saturated rings. The second kappa shape index (κ2) is 17.3. The number of nitrogens with one attached hydrogen (secondary N) is 2. The Bertz CT molecular complexity index is 1070. The van der Waals surface area contributed by atoms with E-state index in [1.165, 1.54) is 77.0 Å². The standard InChI is InChI=1S/C44H80N4O4/c1-31(37(49)51-39-41(3,4)29-45-35(43(39,7)8)25-33-17-13-11-14-18-33)27-47-21-23-48(24-22-47)28-32(2)38(50)52-40-42(5,6)30-46-36(44(40,9)10)26-34-19-15-12-16-20-34/h31-36,39-40,45-46H,11-30H2,1-10H3. The summed E-state index contributed by atoms with van der Waals surface area (Å²) in [4.78, 5) is 32.2. The Morgan fingerprint density at radius 3 is 1.23 bits per heavy atom. The monoisotopic (exact) mass is 729 g/mol. The summed E-state index contributed by atoms with van der Waals surface area (Å²) in [5.41, 5.74) is -0.509. The third-order valence-corrected chi connectivity index (χ3v) is 14.6. The van der Waals surface area contributed by atoms with E-state index in [2.05, 4.69) is 75.8 Å². The Hall–Kier alpha value is -1.22. The molecule has 5 aliphatic rings. The molecule has 0 aromatic rings. The van der Waals surface area contributed by atoms with E-state index in [9.17, 15) is 9.59 Å². The van der Waals surface area contributed by atoms with Crippen LogP contribution in [0.4, 0.5) is 0 Å². The molecule has 52 heavy (non-hydrogen) atoms. The molecule has 3 heterocycles. The van der Waals surface area contributed by atoms with Crippen LogP contribution in [0.25, 0.3) is 0 Å². The van der Waals surface area contributed by atoms with Gasteiger partial charge in [-0.15, -0.1) is 0 Å². The van der Waals surface area contributed by atoms with Crippen molar-refractivity contribution in [3.63, 3.8) is 0 Å². The minimum absolute atomic E-state index is 0.0620. The van der Waals surface area contributed by atoms with Gasteiger partial charge in [0.2, 0.25) is 0 Å². The number of hydrogen-bond acceptors (Lipinski definition) is 8. The zero-order valence-corrected chi connectivity index (χ0v) is 35.3. The van der Waals surface area contributed by atoms with Crippen molar-refractivity contribution in [3.8, 4) is 0 Å². The topological polar surface area (TPSA) is 83.1 Å². The molecule has 8 nitrogen and oxygen atoms in total. The van der Waals surface area contributed by atoms with Gasteiger partial charge in [-0.3, -0.25) is 19.4 Å². The van der Waals surface area contributed by atoms with Crippen LogP contribution < -0.4 is 10.6 Å². The van der Waals surface area contributed by atoms with E-state index in [0.717, 1.165) is 51.1 Å². The Labute approximate surface area is 319 Å². The van der Waals surface area contributed by atoms with Crippen molar-refractivity contribution in [2.24, 2.45) is 45.3 Å². The van der Waals surface area contributed by atoms with Crippen LogP contribution in [0.2, 0.25) is 0 Å². The molecule has 0 aromatic heterocycles. The van der Waals surface area contributed by atoms with E-state index < -0.39 is 0 Å². The van der Waals surface area contributed by atoms with Gasteiger partial charge in [-0.1, -0.05) is 133 Å². The minimum Gasteiger partial charge on any atom is -0.461 e. The van der Waals surface area contributed by atoms with E-state index in [1.54, 1.807) is 0 Å². The van der Waals surface area contributed by atoms with Crippen molar-refractivity contribution in [2.45, 2.75) is 171 Å². The quantitative estimate of drug-likeness (QED) is 0.198. The summed E-state index contributed by atoms with van der Waals surface area (Å²) < 4.78 is 13.0. The van der Waals surface area contributed by atoms with Crippen molar-refractivity contribution in [1.29, 1.82) is 0 Å². The molecule has 8 heteroatoms. The van der Waals surface area contributed by atoms with Crippen LogP contribution in [0.15, 0.2) is 0 Å². The predicted octanol–water partition coefficient (Wildman–Crippen LogP) is 7.69. The van der Waals surface area contributed by atoms with Gasteiger partial charge < -0.3 is 20.1 Å². The lowest BCUT2D eigenvalue weighted by Crippen LogP contribution is -2.64. The van der Waals surface area contributed by atoms with E-state index in [1.807, 2.05) is 13.8 Å². The molecule has 0 amide bonds. The lowest BCUT2D eigenvalue weighted by atomic mass is 9.62. The van der Waals surface area contributed by atoms with Crippen molar-refractivity contribution >= 4 is 11.9 Å². The molecule has 300 valence electrons. The fourth-order valence-electron chi connectivity index (χ4n) is 11.3. The maximum absolute atomic E-state index is 13.7. The first-order valence-corrected chi connectivity index (χ1v) is 21.7. The van der Waals surface area contributed by atoms with Gasteiger partial charge in [-0.2, -0.15) is 0 Å². The molecule has 0 aromatic carbocycles. The maximum atomic E-state index is 13.7. The van der Waals surface area contributed by atoms with Gasteiger partial charge in [0, 0.05) is 86.1 Å². The first kappa shape index (κ1) is 41.9. The normalized spacial score (nSPS) is 32.8. The van der Waals surface area contributed by atoms with Gasteiger partial charge in [0.15, 0.2) is 0 Å². The summed E-state index contributed by atoms with van der Waals surface area (Å²) in [6.07, 6.45) is 15.7. The van der Waals surface area contributed by atoms with E-state index >= 15 is 0 Å². The number of piperazine rings is 1. The highest BCUT2D eigenvalue weighted by Gasteiger charge is 2.53. The fraction of sp³-hybridized carbons (Fsp3) is 0.955. The summed E-state index contributed by atoms with van der Waals surface area (Å²) in [5.74, 6) is 1.08. The van der Waals surface area contributed by atoms with Gasteiger partial charge in [-0.25, -0.2) is 0 Å². The van der Waals surface area contributed by atoms with Gasteiger partial charge in [0.1, 0.15) is 12.2 Å². The molecule has 2 saturated carbocycles. The lowest BCUT2D eigenvalue weighted by Gasteiger charge is -2.53. The van der Waals surface area contributed by atoms with Crippen LogP contribution in [0, 0.1) is 45.3 Å². The fourth-order valence-corrected chi connectivity index (χ4v) is 11.3. The molecule has 6 atom stereocenters. The van der Waals surface area contributed by atoms with E-state index in [0.29, 0.717) is 25.2 Å². The zero-order chi connectivity index (χ0) is 37.9. The summed E-state index contributed by atoms with van der Waals surface area (Å²) in [7, 11) is 0. The molecule has 0 bridgehead atoms. The third-order valence-electron chi connectivity index (χ3n) is 14.6. The first-order valence-electron chi connectivity index (χ1n) is 21.7. The summed E-state index contributed by atoms with van der Waals surface area (Å²) in [6.45, 7) is 29.1. The molecule has 2 N–H and O–H groups in total. The number of ether oxygens (including phenoxy) is 2. The van der Waals surface area contributed by atoms with E-state index in [-0.39, 0.29) is 57.6 Å². The third kappa shape index (κ3) is 10.1. The second-order valence-corrected chi connectivity index (χ2v) is 21.0. The van der Waals surface area contributed by atoms with Crippen LogP contribution in [0.5, 0.6) is 0 Å². The van der Waals surface area contributed by atoms with Crippen LogP contribution >= 0.6 is 0 Å². The Balaban J connectivity index is 1.07. The number of rotatable bonds is 12. The molecule has 5 rings (SSSR count). The number of nitrogens with zero attached hydrogens (tertiary/aromatic N) is 2. The van der Waals surface area contributed by atoms with Gasteiger partial charge in [0.25, 0.3) is 0 Å². The summed E-state index contributed by atoms with van der Waals surface area (Å²) >= 11 is 0. The van der Waals surface area contributed by atoms with Crippen molar-refractivity contribution < 1.29 is 19.1 Å². The van der Waals surface area contributed by atoms with E-state index in [4.69, 9.17) is 9.47 Å². The molecular formula is C44H80N4O4. The average molecular weight is 729 g/mol. The largest absolute Gasteiger partial charge is 0.461 e. The lowest BCUT2D eigenvalue weighted by molar-refractivity contribution is -0.180. The smallest absolute Gasteiger partial charge is 0.310 e. The molecule has 3 saturated heterocycles. The number of carbonyl (C=O) groups excluding carboxylic acids is 2. The highest BCUT2D eigenvalue weighted by Crippen LogP contribution is 2.47. The Morgan fingerprint density at radius 2 is 0.904 bits per heavy atom. The number of esters is 2. The van der Waals surface area contributed by atoms with Crippen molar-refractivity contribution in [3.05, 3.63) is 0 Å². The molecular weight excluding hydrogens is 649 g/mol. The number of hydrogen-bond donors (Lipinski definition) is 2. The van der Waals surface area contributed by atoms with Crippen LogP contribution in [-0.2, 0) is 19.1 Å². The van der Waals surface area contributed by atoms with Crippen molar-refractivity contribution in [1.82, 2.24) is 20.4 Å². The SMILES string of the molecule is CC(CN1CCN(CC(C)C(=O)OC2C(C)(C)CNC(CC3CCCCC3)C2(C)C)CC1)C(=O)OC1C(C)(C)CNC(CC2CCCCC2)C1(C)C. The zero-order valence-electron chi connectivity index (χ0n) is 35.3. The van der Waals surface area contributed by atoms with Gasteiger partial charge in [0.05, 0.1) is 11.8 Å².